The Morgan fingerprint density at radius 1 is 1.24 bits per heavy atom. The van der Waals surface area contributed by atoms with Gasteiger partial charge in [-0.1, -0.05) is 12.1 Å². The van der Waals surface area contributed by atoms with Gasteiger partial charge in [-0.25, -0.2) is 4.79 Å². The SMILES string of the molecule is Nc1cc2oc(=O)[nH]c2cc1Oc1ccc(CCO)cc1. The smallest absolute Gasteiger partial charge is 0.417 e. The molecule has 0 aliphatic rings. The van der Waals surface area contributed by atoms with Gasteiger partial charge in [0.15, 0.2) is 11.3 Å². The molecule has 0 spiro atoms. The number of aliphatic hydroxyl groups excluding tert-OH is 1. The summed E-state index contributed by atoms with van der Waals surface area (Å²) < 4.78 is 10.6. The number of rotatable bonds is 4. The first-order chi connectivity index (χ1) is 10.2. The summed E-state index contributed by atoms with van der Waals surface area (Å²) in [5.41, 5.74) is 8.21. The highest BCUT2D eigenvalue weighted by atomic mass is 16.5. The van der Waals surface area contributed by atoms with Crippen LogP contribution in [0.1, 0.15) is 5.56 Å². The van der Waals surface area contributed by atoms with Gasteiger partial charge in [0.2, 0.25) is 0 Å². The molecule has 0 amide bonds. The van der Waals surface area contributed by atoms with Crippen molar-refractivity contribution in [2.75, 3.05) is 12.3 Å². The van der Waals surface area contributed by atoms with Crippen LogP contribution in [-0.4, -0.2) is 16.7 Å². The van der Waals surface area contributed by atoms with Crippen LogP contribution in [0.3, 0.4) is 0 Å². The molecule has 0 saturated heterocycles. The Morgan fingerprint density at radius 3 is 2.71 bits per heavy atom. The second-order valence-electron chi connectivity index (χ2n) is 4.62. The average Bonchev–Trinajstić information content (AvgIpc) is 2.81. The van der Waals surface area contributed by atoms with Crippen molar-refractivity contribution in [2.45, 2.75) is 6.42 Å². The molecule has 6 nitrogen and oxygen atoms in total. The topological polar surface area (TPSA) is 101 Å². The number of aromatic nitrogens is 1. The van der Waals surface area contributed by atoms with Crippen LogP contribution in [0.25, 0.3) is 11.1 Å². The third-order valence-electron chi connectivity index (χ3n) is 3.10. The number of aliphatic hydroxyl groups is 1. The Hall–Kier alpha value is -2.73. The molecule has 0 aliphatic heterocycles. The molecule has 2 aromatic carbocycles. The fourth-order valence-corrected chi connectivity index (χ4v) is 2.06. The molecule has 0 unspecified atom stereocenters. The summed E-state index contributed by atoms with van der Waals surface area (Å²) in [7, 11) is 0. The Bertz CT molecular complexity index is 818. The van der Waals surface area contributed by atoms with E-state index in [1.807, 2.05) is 12.1 Å². The summed E-state index contributed by atoms with van der Waals surface area (Å²) in [6, 6.07) is 10.5. The molecular formula is C15H14N2O4. The number of nitrogen functional groups attached to an aromatic ring is 1. The Balaban J connectivity index is 1.89. The quantitative estimate of drug-likeness (QED) is 0.637. The summed E-state index contributed by atoms with van der Waals surface area (Å²) in [4.78, 5) is 13.7. The zero-order chi connectivity index (χ0) is 14.8. The van der Waals surface area contributed by atoms with E-state index in [1.54, 1.807) is 24.3 Å². The van der Waals surface area contributed by atoms with Gasteiger partial charge in [-0.15, -0.1) is 0 Å². The van der Waals surface area contributed by atoms with Crippen LogP contribution in [0.2, 0.25) is 0 Å². The Kier molecular flexibility index (Phi) is 3.37. The van der Waals surface area contributed by atoms with Gasteiger partial charge in [0.05, 0.1) is 11.2 Å². The number of H-pyrrole nitrogens is 1. The Morgan fingerprint density at radius 2 is 2.00 bits per heavy atom. The number of hydrogen-bond acceptors (Lipinski definition) is 5. The lowest BCUT2D eigenvalue weighted by Gasteiger charge is -2.09. The molecule has 0 bridgehead atoms. The predicted molar refractivity (Wildman–Crippen MR) is 78.6 cm³/mol. The van der Waals surface area contributed by atoms with Crippen LogP contribution in [0, 0.1) is 0 Å². The van der Waals surface area contributed by atoms with Gasteiger partial charge in [0, 0.05) is 18.7 Å². The van der Waals surface area contributed by atoms with Crippen LogP contribution in [0.15, 0.2) is 45.6 Å². The summed E-state index contributed by atoms with van der Waals surface area (Å²) >= 11 is 0. The minimum atomic E-state index is -0.532. The highest BCUT2D eigenvalue weighted by Gasteiger charge is 2.08. The van der Waals surface area contributed by atoms with Crippen molar-refractivity contribution in [3.8, 4) is 11.5 Å². The van der Waals surface area contributed by atoms with Gasteiger partial charge in [-0.2, -0.15) is 0 Å². The van der Waals surface area contributed by atoms with Gasteiger partial charge in [-0.05, 0) is 24.1 Å². The molecule has 0 fully saturated rings. The van der Waals surface area contributed by atoms with Crippen molar-refractivity contribution in [3.05, 3.63) is 52.5 Å². The van der Waals surface area contributed by atoms with E-state index in [-0.39, 0.29) is 6.61 Å². The first kappa shape index (κ1) is 13.3. The molecule has 0 atom stereocenters. The fourth-order valence-electron chi connectivity index (χ4n) is 2.06. The molecule has 3 aromatic rings. The first-order valence-corrected chi connectivity index (χ1v) is 6.46. The fraction of sp³-hybridized carbons (Fsp3) is 0.133. The second-order valence-corrected chi connectivity index (χ2v) is 4.62. The highest BCUT2D eigenvalue weighted by molar-refractivity contribution is 5.80. The molecule has 4 N–H and O–H groups in total. The molecule has 3 rings (SSSR count). The van der Waals surface area contributed by atoms with Crippen molar-refractivity contribution < 1.29 is 14.3 Å². The summed E-state index contributed by atoms with van der Waals surface area (Å²) in [5.74, 6) is 0.526. The minimum Gasteiger partial charge on any atom is -0.455 e. The van der Waals surface area contributed by atoms with Crippen LogP contribution >= 0.6 is 0 Å². The summed E-state index contributed by atoms with van der Waals surface area (Å²) in [5, 5.41) is 8.88. The van der Waals surface area contributed by atoms with E-state index in [2.05, 4.69) is 4.98 Å². The first-order valence-electron chi connectivity index (χ1n) is 6.46. The normalized spacial score (nSPS) is 10.9. The largest absolute Gasteiger partial charge is 0.455 e. The number of ether oxygens (including phenoxy) is 1. The van der Waals surface area contributed by atoms with E-state index in [9.17, 15) is 4.79 Å². The van der Waals surface area contributed by atoms with E-state index in [1.165, 1.54) is 0 Å². The lowest BCUT2D eigenvalue weighted by Crippen LogP contribution is -1.94. The minimum absolute atomic E-state index is 0.109. The molecular weight excluding hydrogens is 272 g/mol. The van der Waals surface area contributed by atoms with Crippen LogP contribution in [-0.2, 0) is 6.42 Å². The van der Waals surface area contributed by atoms with E-state index < -0.39 is 5.76 Å². The van der Waals surface area contributed by atoms with E-state index in [4.69, 9.17) is 20.0 Å². The monoisotopic (exact) mass is 286 g/mol. The van der Waals surface area contributed by atoms with Gasteiger partial charge in [0.25, 0.3) is 0 Å². The zero-order valence-corrected chi connectivity index (χ0v) is 11.1. The molecule has 6 heteroatoms. The summed E-state index contributed by atoms with van der Waals surface area (Å²) in [6.07, 6.45) is 0.602. The number of hydrogen-bond donors (Lipinski definition) is 3. The number of aromatic amines is 1. The van der Waals surface area contributed by atoms with Gasteiger partial charge in [0.1, 0.15) is 5.75 Å². The average molecular weight is 286 g/mol. The number of fused-ring (bicyclic) bond motifs is 1. The maximum absolute atomic E-state index is 11.1. The summed E-state index contributed by atoms with van der Waals surface area (Å²) in [6.45, 7) is 0.109. The van der Waals surface area contributed by atoms with E-state index >= 15 is 0 Å². The molecule has 1 aromatic heterocycles. The Labute approximate surface area is 119 Å². The standard InChI is InChI=1S/C15H14N2O4/c16-11-7-14-12(17-15(19)21-14)8-13(11)20-10-3-1-9(2-4-10)5-6-18/h1-4,7-8,18H,5-6,16H2,(H,17,19). The molecule has 0 saturated carbocycles. The molecule has 108 valence electrons. The lowest BCUT2D eigenvalue weighted by atomic mass is 10.1. The number of anilines is 1. The molecule has 21 heavy (non-hydrogen) atoms. The zero-order valence-electron chi connectivity index (χ0n) is 11.1. The van der Waals surface area contributed by atoms with E-state index in [0.717, 1.165) is 5.56 Å². The van der Waals surface area contributed by atoms with Crippen molar-refractivity contribution in [3.63, 3.8) is 0 Å². The third-order valence-corrected chi connectivity index (χ3v) is 3.10. The van der Waals surface area contributed by atoms with E-state index in [0.29, 0.717) is 34.7 Å². The van der Waals surface area contributed by atoms with Crippen LogP contribution < -0.4 is 16.2 Å². The predicted octanol–water partition coefficient (Wildman–Crippen LogP) is 2.03. The van der Waals surface area contributed by atoms with Gasteiger partial charge in [-0.3, -0.25) is 4.98 Å². The third kappa shape index (κ3) is 2.75. The number of nitrogens with two attached hydrogens (primary N) is 1. The molecule has 1 heterocycles. The van der Waals surface area contributed by atoms with Crippen molar-refractivity contribution in [2.24, 2.45) is 0 Å². The highest BCUT2D eigenvalue weighted by Crippen LogP contribution is 2.31. The lowest BCUT2D eigenvalue weighted by molar-refractivity contribution is 0.299. The van der Waals surface area contributed by atoms with Gasteiger partial charge < -0.3 is 20.0 Å². The molecule has 0 radical (unpaired) electrons. The van der Waals surface area contributed by atoms with Crippen LogP contribution in [0.5, 0.6) is 11.5 Å². The van der Waals surface area contributed by atoms with Crippen LogP contribution in [0.4, 0.5) is 5.69 Å². The maximum Gasteiger partial charge on any atom is 0.417 e. The second kappa shape index (κ2) is 5.34. The number of nitrogens with one attached hydrogen (secondary N) is 1. The van der Waals surface area contributed by atoms with Crippen molar-refractivity contribution in [1.29, 1.82) is 0 Å². The van der Waals surface area contributed by atoms with Gasteiger partial charge >= 0.3 is 5.76 Å². The maximum atomic E-state index is 11.1. The number of benzene rings is 2. The molecule has 0 aliphatic carbocycles. The number of oxazole rings is 1. The van der Waals surface area contributed by atoms with Crippen molar-refractivity contribution in [1.82, 2.24) is 4.98 Å². The van der Waals surface area contributed by atoms with Crippen molar-refractivity contribution >= 4 is 16.8 Å².